The first-order chi connectivity index (χ1) is 22.2. The highest BCUT2D eigenvalue weighted by Gasteiger charge is 2.31. The Kier molecular flexibility index (Phi) is 12.6. The lowest BCUT2D eigenvalue weighted by Gasteiger charge is -2.36. The molecule has 4 rings (SSSR count). The molecule has 4 atom stereocenters. The van der Waals surface area contributed by atoms with Gasteiger partial charge in [-0.1, -0.05) is 43.3 Å². The average molecular weight is 631 g/mol. The van der Waals surface area contributed by atoms with E-state index in [1.54, 1.807) is 66.2 Å². The Bertz CT molecular complexity index is 1440. The molecule has 0 saturated carbocycles. The van der Waals surface area contributed by atoms with Crippen LogP contribution in [0.3, 0.4) is 0 Å². The molecule has 0 saturated heterocycles. The van der Waals surface area contributed by atoms with Crippen LogP contribution < -0.4 is 15.4 Å². The molecule has 1 aliphatic rings. The molecule has 0 aromatic heterocycles. The smallest absolute Gasteiger partial charge is 0.323 e. The molecule has 3 aromatic carbocycles. The molecule has 3 aromatic rings. The third kappa shape index (κ3) is 9.55. The summed E-state index contributed by atoms with van der Waals surface area (Å²) in [7, 11) is 1.76. The predicted octanol–water partition coefficient (Wildman–Crippen LogP) is 5.90. The van der Waals surface area contributed by atoms with Gasteiger partial charge in [0.1, 0.15) is 5.75 Å². The van der Waals surface area contributed by atoms with Crippen molar-refractivity contribution in [2.75, 3.05) is 44.0 Å². The lowest BCUT2D eigenvalue weighted by atomic mass is 10.0. The van der Waals surface area contributed by atoms with Crippen LogP contribution >= 0.6 is 0 Å². The molecule has 0 fully saturated rings. The number of nitrogens with one attached hydrogen (secondary N) is 2. The van der Waals surface area contributed by atoms with E-state index in [1.807, 2.05) is 50.2 Å². The van der Waals surface area contributed by atoms with E-state index in [4.69, 9.17) is 9.47 Å². The number of benzene rings is 3. The summed E-state index contributed by atoms with van der Waals surface area (Å²) in [6.07, 6.45) is 1.89. The monoisotopic (exact) mass is 630 g/mol. The average Bonchev–Trinajstić information content (AvgIpc) is 3.06. The Morgan fingerprint density at radius 1 is 0.978 bits per heavy atom. The molecule has 0 spiro atoms. The quantitative estimate of drug-likeness (QED) is 0.299. The zero-order valence-corrected chi connectivity index (χ0v) is 27.1. The number of anilines is 2. The van der Waals surface area contributed by atoms with E-state index < -0.39 is 12.1 Å². The zero-order chi connectivity index (χ0) is 33.1. The van der Waals surface area contributed by atoms with Crippen molar-refractivity contribution < 1.29 is 29.0 Å². The summed E-state index contributed by atoms with van der Waals surface area (Å²) in [5, 5.41) is 15.8. The van der Waals surface area contributed by atoms with E-state index in [2.05, 4.69) is 10.6 Å². The summed E-state index contributed by atoms with van der Waals surface area (Å²) in [4.78, 5) is 43.5. The Morgan fingerprint density at radius 3 is 2.35 bits per heavy atom. The molecule has 0 unspecified atom stereocenters. The highest BCUT2D eigenvalue weighted by atomic mass is 16.5. The fraction of sp³-hybridized carbons (Fsp3) is 0.417. The normalized spacial score (nSPS) is 20.0. The largest absolute Gasteiger partial charge is 0.490 e. The van der Waals surface area contributed by atoms with E-state index in [0.717, 1.165) is 19.3 Å². The number of carbonyl (C=O) groups is 3. The number of urea groups is 1. The number of para-hydroxylation sites is 1. The summed E-state index contributed by atoms with van der Waals surface area (Å²) < 4.78 is 12.7. The number of carbonyl (C=O) groups excluding carboxylic acids is 3. The fourth-order valence-electron chi connectivity index (χ4n) is 5.43. The van der Waals surface area contributed by atoms with Crippen LogP contribution in [0, 0.1) is 5.92 Å². The van der Waals surface area contributed by atoms with Gasteiger partial charge in [-0.15, -0.1) is 0 Å². The van der Waals surface area contributed by atoms with Crippen molar-refractivity contribution in [3.05, 3.63) is 90.0 Å². The minimum atomic E-state index is -0.518. The number of likely N-dealkylation sites (N-methyl/N-ethyl adjacent to an activating group) is 1. The second-order valence-corrected chi connectivity index (χ2v) is 12.0. The number of rotatable bonds is 7. The summed E-state index contributed by atoms with van der Waals surface area (Å²) >= 11 is 0. The van der Waals surface area contributed by atoms with Crippen LogP contribution in [-0.2, 0) is 4.74 Å². The summed E-state index contributed by atoms with van der Waals surface area (Å²) in [5.41, 5.74) is 1.93. The van der Waals surface area contributed by atoms with Gasteiger partial charge >= 0.3 is 6.03 Å². The van der Waals surface area contributed by atoms with Crippen molar-refractivity contribution in [2.24, 2.45) is 5.92 Å². The zero-order valence-electron chi connectivity index (χ0n) is 27.1. The molecule has 1 aliphatic heterocycles. The van der Waals surface area contributed by atoms with Crippen molar-refractivity contribution in [2.45, 2.75) is 58.3 Å². The van der Waals surface area contributed by atoms with Crippen molar-refractivity contribution in [3.8, 4) is 5.75 Å². The van der Waals surface area contributed by atoms with Crippen molar-refractivity contribution >= 4 is 29.2 Å². The van der Waals surface area contributed by atoms with Crippen molar-refractivity contribution in [1.82, 2.24) is 9.80 Å². The number of nitrogens with zero attached hydrogens (tertiary/aromatic N) is 2. The first kappa shape index (κ1) is 34.5. The van der Waals surface area contributed by atoms with Crippen LogP contribution in [0.5, 0.6) is 5.75 Å². The van der Waals surface area contributed by atoms with Crippen LogP contribution in [0.15, 0.2) is 78.9 Å². The Labute approximate surface area is 271 Å². The van der Waals surface area contributed by atoms with E-state index in [0.29, 0.717) is 35.8 Å². The van der Waals surface area contributed by atoms with Gasteiger partial charge in [-0.3, -0.25) is 9.59 Å². The summed E-state index contributed by atoms with van der Waals surface area (Å²) in [5.74, 6) is -0.225. The van der Waals surface area contributed by atoms with Gasteiger partial charge in [0.05, 0.1) is 30.4 Å². The molecule has 46 heavy (non-hydrogen) atoms. The maximum Gasteiger partial charge on any atom is 0.323 e. The van der Waals surface area contributed by atoms with Crippen molar-refractivity contribution in [3.63, 3.8) is 0 Å². The van der Waals surface area contributed by atoms with Crippen LogP contribution in [0.2, 0.25) is 0 Å². The SMILES string of the molecule is C[C@@H]1CCCCO[C@@H](CN(C)C(=O)c2ccccc2)[C@@H](C)CN([C@@H](C)CO)C(=O)c2cc(NC(=O)Nc3ccccc3)ccc2O1. The molecule has 246 valence electrons. The minimum Gasteiger partial charge on any atom is -0.490 e. The Balaban J connectivity index is 1.60. The summed E-state index contributed by atoms with van der Waals surface area (Å²) in [6, 6.07) is 22.2. The maximum absolute atomic E-state index is 14.3. The van der Waals surface area contributed by atoms with Gasteiger partial charge < -0.3 is 35.0 Å². The molecule has 0 radical (unpaired) electrons. The van der Waals surface area contributed by atoms with Crippen LogP contribution in [0.1, 0.15) is 60.7 Å². The molecular weight excluding hydrogens is 584 g/mol. The minimum absolute atomic E-state index is 0.108. The first-order valence-corrected chi connectivity index (χ1v) is 15.9. The molecule has 0 bridgehead atoms. The standard InChI is InChI=1S/C36H46N4O6/c1-25-22-40(26(2)24-41)35(43)31-21-30(38-36(44)37-29-16-9-6-10-17-29)18-19-32(31)46-27(3)13-11-12-20-45-33(25)23-39(4)34(42)28-14-7-5-8-15-28/h5-10,14-19,21,25-27,33,41H,11-13,20,22-24H2,1-4H3,(H2,37,38,44)/t25-,26-,27+,33-/m0/s1. The van der Waals surface area contributed by atoms with Crippen LogP contribution in [0.25, 0.3) is 0 Å². The van der Waals surface area contributed by atoms with Crippen molar-refractivity contribution in [1.29, 1.82) is 0 Å². The lowest BCUT2D eigenvalue weighted by Crippen LogP contribution is -2.48. The highest BCUT2D eigenvalue weighted by molar-refractivity contribution is 6.02. The van der Waals surface area contributed by atoms with E-state index in [-0.39, 0.29) is 48.7 Å². The third-order valence-electron chi connectivity index (χ3n) is 8.16. The molecule has 1 heterocycles. The van der Waals surface area contributed by atoms with Gasteiger partial charge in [0.2, 0.25) is 0 Å². The number of aliphatic hydroxyl groups is 1. The van der Waals surface area contributed by atoms with E-state index >= 15 is 0 Å². The molecular formula is C36H46N4O6. The topological polar surface area (TPSA) is 120 Å². The number of hydrogen-bond donors (Lipinski definition) is 3. The molecule has 10 nitrogen and oxygen atoms in total. The lowest BCUT2D eigenvalue weighted by molar-refractivity contribution is -0.0149. The van der Waals surface area contributed by atoms with Gasteiger partial charge in [-0.25, -0.2) is 4.79 Å². The predicted molar refractivity (Wildman–Crippen MR) is 179 cm³/mol. The Morgan fingerprint density at radius 2 is 1.65 bits per heavy atom. The van der Waals surface area contributed by atoms with E-state index in [9.17, 15) is 19.5 Å². The van der Waals surface area contributed by atoms with Crippen LogP contribution in [0.4, 0.5) is 16.2 Å². The third-order valence-corrected chi connectivity index (χ3v) is 8.16. The molecule has 0 aliphatic carbocycles. The number of amides is 4. The molecule has 10 heteroatoms. The number of fused-ring (bicyclic) bond motifs is 1. The maximum atomic E-state index is 14.3. The second kappa shape index (κ2) is 16.8. The fourth-order valence-corrected chi connectivity index (χ4v) is 5.43. The van der Waals surface area contributed by atoms with Gasteiger partial charge in [-0.05, 0) is 75.6 Å². The van der Waals surface area contributed by atoms with Gasteiger partial charge in [0.25, 0.3) is 11.8 Å². The van der Waals surface area contributed by atoms with Gasteiger partial charge in [0.15, 0.2) is 0 Å². The summed E-state index contributed by atoms with van der Waals surface area (Å²) in [6.45, 7) is 6.60. The molecule has 4 amide bonds. The number of ether oxygens (including phenoxy) is 2. The van der Waals surface area contributed by atoms with E-state index in [1.165, 1.54) is 0 Å². The van der Waals surface area contributed by atoms with Crippen LogP contribution in [-0.4, -0.2) is 84.4 Å². The Hall–Kier alpha value is -4.41. The molecule has 3 N–H and O–H groups in total. The van der Waals surface area contributed by atoms with Gasteiger partial charge in [-0.2, -0.15) is 0 Å². The first-order valence-electron chi connectivity index (χ1n) is 15.9. The number of aliphatic hydroxyl groups excluding tert-OH is 1. The highest BCUT2D eigenvalue weighted by Crippen LogP contribution is 2.29. The van der Waals surface area contributed by atoms with Gasteiger partial charge in [0, 0.05) is 49.6 Å². The second-order valence-electron chi connectivity index (χ2n) is 12.0. The number of hydrogen-bond acceptors (Lipinski definition) is 6.